The first-order valence-corrected chi connectivity index (χ1v) is 10.4. The van der Waals surface area contributed by atoms with Crippen LogP contribution in [0.5, 0.6) is 0 Å². The molecule has 5 aromatic rings. The number of rotatable bonds is 3. The summed E-state index contributed by atoms with van der Waals surface area (Å²) in [7, 11) is 0. The number of aromatic nitrogens is 1. The molecule has 162 valence electrons. The van der Waals surface area contributed by atoms with Gasteiger partial charge in [0, 0.05) is 26.9 Å². The maximum Gasteiger partial charge on any atom is 0.349 e. The Labute approximate surface area is 192 Å². The number of para-hydroxylation sites is 1. The van der Waals surface area contributed by atoms with E-state index in [4.69, 9.17) is 16.0 Å². The SMILES string of the molecule is O=C(NNC(=O)c1cc2ccccc2oc1=O)c1[nH]c2ccc(Cl)cc2c1-c1ccccc1. The number of carbonyl (C=O) groups excluding carboxylic acids is 2. The number of aromatic amines is 1. The molecule has 0 unspecified atom stereocenters. The van der Waals surface area contributed by atoms with E-state index in [0.29, 0.717) is 27.1 Å². The van der Waals surface area contributed by atoms with Crippen LogP contribution in [0, 0.1) is 0 Å². The van der Waals surface area contributed by atoms with Gasteiger partial charge in [0.15, 0.2) is 0 Å². The van der Waals surface area contributed by atoms with Crippen LogP contribution in [0.2, 0.25) is 5.02 Å². The van der Waals surface area contributed by atoms with E-state index >= 15 is 0 Å². The summed E-state index contributed by atoms with van der Waals surface area (Å²) in [6.45, 7) is 0. The molecule has 0 saturated carbocycles. The molecule has 0 saturated heterocycles. The standard InChI is InChI=1S/C25H16ClN3O4/c26-16-10-11-19-17(13-16)21(14-6-2-1-3-7-14)22(27-19)24(31)29-28-23(30)18-12-15-8-4-5-9-20(15)33-25(18)32/h1-13,27H,(H,28,30)(H,29,31). The van der Waals surface area contributed by atoms with Gasteiger partial charge in [-0.25, -0.2) is 4.79 Å². The fourth-order valence-electron chi connectivity index (χ4n) is 3.70. The second kappa shape index (κ2) is 8.29. The lowest BCUT2D eigenvalue weighted by Crippen LogP contribution is -2.43. The van der Waals surface area contributed by atoms with E-state index in [1.54, 1.807) is 42.5 Å². The highest BCUT2D eigenvalue weighted by molar-refractivity contribution is 6.31. The summed E-state index contributed by atoms with van der Waals surface area (Å²) in [6, 6.07) is 22.9. The maximum absolute atomic E-state index is 13.0. The summed E-state index contributed by atoms with van der Waals surface area (Å²) in [6.07, 6.45) is 0. The van der Waals surface area contributed by atoms with Gasteiger partial charge in [0.25, 0.3) is 11.8 Å². The van der Waals surface area contributed by atoms with Crippen LogP contribution in [-0.2, 0) is 0 Å². The van der Waals surface area contributed by atoms with Crippen LogP contribution in [0.25, 0.3) is 33.0 Å². The minimum absolute atomic E-state index is 0.222. The van der Waals surface area contributed by atoms with E-state index in [1.807, 2.05) is 30.3 Å². The molecular weight excluding hydrogens is 442 g/mol. The fraction of sp³-hybridized carbons (Fsp3) is 0. The highest BCUT2D eigenvalue weighted by Gasteiger charge is 2.21. The second-order valence-electron chi connectivity index (χ2n) is 7.32. The lowest BCUT2D eigenvalue weighted by Gasteiger charge is -2.09. The van der Waals surface area contributed by atoms with Gasteiger partial charge in [0.05, 0.1) is 0 Å². The third kappa shape index (κ3) is 3.86. The van der Waals surface area contributed by atoms with Crippen molar-refractivity contribution in [3.8, 4) is 11.1 Å². The summed E-state index contributed by atoms with van der Waals surface area (Å²) in [4.78, 5) is 40.9. The average molecular weight is 458 g/mol. The van der Waals surface area contributed by atoms with Gasteiger partial charge in [-0.2, -0.15) is 0 Å². The Hall–Kier alpha value is -4.36. The molecule has 0 spiro atoms. The van der Waals surface area contributed by atoms with E-state index in [0.717, 1.165) is 10.9 Å². The predicted octanol–water partition coefficient (Wildman–Crippen LogP) is 4.67. The van der Waals surface area contributed by atoms with E-state index in [-0.39, 0.29) is 11.3 Å². The van der Waals surface area contributed by atoms with Crippen molar-refractivity contribution in [3.63, 3.8) is 0 Å². The zero-order chi connectivity index (χ0) is 22.9. The van der Waals surface area contributed by atoms with Crippen molar-refractivity contribution >= 4 is 45.3 Å². The Kier molecular flexibility index (Phi) is 5.16. The molecule has 5 rings (SSSR count). The highest BCUT2D eigenvalue weighted by atomic mass is 35.5. The Morgan fingerprint density at radius 3 is 2.39 bits per heavy atom. The molecule has 0 fully saturated rings. The molecule has 0 aliphatic rings. The van der Waals surface area contributed by atoms with Gasteiger partial charge in [-0.15, -0.1) is 0 Å². The fourth-order valence-corrected chi connectivity index (χ4v) is 3.87. The van der Waals surface area contributed by atoms with Crippen LogP contribution < -0.4 is 16.5 Å². The minimum Gasteiger partial charge on any atom is -0.422 e. The van der Waals surface area contributed by atoms with Crippen molar-refractivity contribution in [2.45, 2.75) is 0 Å². The monoisotopic (exact) mass is 457 g/mol. The highest BCUT2D eigenvalue weighted by Crippen LogP contribution is 2.34. The molecule has 2 heterocycles. The Morgan fingerprint density at radius 2 is 1.58 bits per heavy atom. The number of hydrazine groups is 1. The lowest BCUT2D eigenvalue weighted by molar-refractivity contribution is 0.0842. The summed E-state index contributed by atoms with van der Waals surface area (Å²) in [5, 5.41) is 1.88. The molecule has 2 aromatic heterocycles. The van der Waals surface area contributed by atoms with Gasteiger partial charge in [-0.3, -0.25) is 20.4 Å². The largest absolute Gasteiger partial charge is 0.422 e. The molecule has 0 aliphatic heterocycles. The maximum atomic E-state index is 13.0. The Bertz CT molecular complexity index is 1590. The molecule has 33 heavy (non-hydrogen) atoms. The number of fused-ring (bicyclic) bond motifs is 2. The minimum atomic E-state index is -0.800. The van der Waals surface area contributed by atoms with Crippen LogP contribution in [0.3, 0.4) is 0 Å². The van der Waals surface area contributed by atoms with Gasteiger partial charge < -0.3 is 9.40 Å². The zero-order valence-corrected chi connectivity index (χ0v) is 17.8. The van der Waals surface area contributed by atoms with Crippen molar-refractivity contribution < 1.29 is 14.0 Å². The van der Waals surface area contributed by atoms with Gasteiger partial charge in [-0.05, 0) is 35.9 Å². The molecular formula is C25H16ClN3O4. The normalized spacial score (nSPS) is 10.9. The zero-order valence-electron chi connectivity index (χ0n) is 17.0. The third-order valence-electron chi connectivity index (χ3n) is 5.23. The van der Waals surface area contributed by atoms with Gasteiger partial charge >= 0.3 is 5.63 Å². The van der Waals surface area contributed by atoms with Gasteiger partial charge in [0.2, 0.25) is 0 Å². The lowest BCUT2D eigenvalue weighted by atomic mass is 10.0. The first-order chi connectivity index (χ1) is 16.0. The number of amides is 2. The third-order valence-corrected chi connectivity index (χ3v) is 5.46. The van der Waals surface area contributed by atoms with E-state index in [2.05, 4.69) is 15.8 Å². The first kappa shape index (κ1) is 20.5. The van der Waals surface area contributed by atoms with Crippen LogP contribution in [0.1, 0.15) is 20.8 Å². The molecule has 0 atom stereocenters. The van der Waals surface area contributed by atoms with Gasteiger partial charge in [0.1, 0.15) is 16.8 Å². The van der Waals surface area contributed by atoms with Gasteiger partial charge in [-0.1, -0.05) is 60.1 Å². The summed E-state index contributed by atoms with van der Waals surface area (Å²) in [5.41, 5.74) is 6.41. The molecule has 0 aliphatic carbocycles. The number of nitrogens with one attached hydrogen (secondary N) is 3. The second-order valence-corrected chi connectivity index (χ2v) is 7.76. The van der Waals surface area contributed by atoms with Crippen LogP contribution in [0.4, 0.5) is 0 Å². The first-order valence-electron chi connectivity index (χ1n) is 10.0. The molecule has 7 nitrogen and oxygen atoms in total. The number of halogens is 1. The number of H-pyrrole nitrogens is 1. The molecule has 8 heteroatoms. The van der Waals surface area contributed by atoms with Crippen molar-refractivity contribution in [3.05, 3.63) is 106 Å². The van der Waals surface area contributed by atoms with Crippen molar-refractivity contribution in [1.29, 1.82) is 0 Å². The number of carbonyl (C=O) groups is 2. The molecule has 0 bridgehead atoms. The smallest absolute Gasteiger partial charge is 0.349 e. The molecule has 3 N–H and O–H groups in total. The molecule has 2 amide bonds. The summed E-state index contributed by atoms with van der Waals surface area (Å²) < 4.78 is 5.19. The van der Waals surface area contributed by atoms with Crippen molar-refractivity contribution in [2.75, 3.05) is 0 Å². The molecule has 0 radical (unpaired) electrons. The van der Waals surface area contributed by atoms with E-state index < -0.39 is 17.4 Å². The van der Waals surface area contributed by atoms with Crippen LogP contribution in [-0.4, -0.2) is 16.8 Å². The number of hydrogen-bond donors (Lipinski definition) is 3. The Balaban J connectivity index is 1.46. The van der Waals surface area contributed by atoms with E-state index in [9.17, 15) is 14.4 Å². The quantitative estimate of drug-likeness (QED) is 0.270. The number of benzene rings is 3. The number of hydrogen-bond acceptors (Lipinski definition) is 4. The summed E-state index contributed by atoms with van der Waals surface area (Å²) in [5.74, 6) is -1.37. The van der Waals surface area contributed by atoms with Crippen molar-refractivity contribution in [2.24, 2.45) is 0 Å². The van der Waals surface area contributed by atoms with Crippen LogP contribution in [0.15, 0.2) is 88.1 Å². The molecule has 3 aromatic carbocycles. The van der Waals surface area contributed by atoms with Crippen LogP contribution >= 0.6 is 11.6 Å². The topological polar surface area (TPSA) is 104 Å². The van der Waals surface area contributed by atoms with E-state index in [1.165, 1.54) is 6.07 Å². The average Bonchev–Trinajstić information content (AvgIpc) is 3.21. The summed E-state index contributed by atoms with van der Waals surface area (Å²) >= 11 is 6.18. The van der Waals surface area contributed by atoms with Crippen molar-refractivity contribution in [1.82, 2.24) is 15.8 Å². The Morgan fingerprint density at radius 1 is 0.848 bits per heavy atom. The predicted molar refractivity (Wildman–Crippen MR) is 126 cm³/mol.